The molecule has 1 nitrogen and oxygen atoms in total. The van der Waals surface area contributed by atoms with Crippen molar-refractivity contribution in [3.63, 3.8) is 0 Å². The third kappa shape index (κ3) is 2.97. The molecule has 2 rings (SSSR count). The van der Waals surface area contributed by atoms with Crippen LogP contribution in [0.25, 0.3) is 0 Å². The highest BCUT2D eigenvalue weighted by Crippen LogP contribution is 2.15. The minimum Gasteiger partial charge on any atom is -0.489 e. The van der Waals surface area contributed by atoms with E-state index in [4.69, 9.17) is 16.3 Å². The van der Waals surface area contributed by atoms with Crippen molar-refractivity contribution in [3.05, 3.63) is 64.9 Å². The molecule has 0 saturated heterocycles. The van der Waals surface area contributed by atoms with Crippen molar-refractivity contribution in [2.24, 2.45) is 0 Å². The molecule has 0 spiro atoms. The van der Waals surface area contributed by atoms with Crippen LogP contribution in [0.15, 0.2) is 42.5 Å². The summed E-state index contributed by atoms with van der Waals surface area (Å²) >= 11 is 5.83. The fourth-order valence-corrected chi connectivity index (χ4v) is 1.51. The van der Waals surface area contributed by atoms with Crippen molar-refractivity contribution >= 4 is 11.6 Å². The zero-order chi connectivity index (χ0) is 11.4. The van der Waals surface area contributed by atoms with E-state index in [1.807, 2.05) is 18.2 Å². The maximum Gasteiger partial charge on any atom is 0.134 e. The summed E-state index contributed by atoms with van der Waals surface area (Å²) in [6, 6.07) is 14.2. The lowest BCUT2D eigenvalue weighted by atomic mass is 10.2. The number of halogens is 2. The van der Waals surface area contributed by atoms with Gasteiger partial charge in [0.05, 0.1) is 0 Å². The highest BCUT2D eigenvalue weighted by molar-refractivity contribution is 6.30. The smallest absolute Gasteiger partial charge is 0.134 e. The number of benzene rings is 2. The second-order valence-corrected chi connectivity index (χ2v) is 3.73. The van der Waals surface area contributed by atoms with E-state index < -0.39 is 5.82 Å². The van der Waals surface area contributed by atoms with Gasteiger partial charge >= 0.3 is 0 Å². The van der Waals surface area contributed by atoms with E-state index in [1.165, 1.54) is 12.1 Å². The molecule has 0 aromatic heterocycles. The quantitative estimate of drug-likeness (QED) is 0.785. The van der Waals surface area contributed by atoms with E-state index >= 15 is 0 Å². The van der Waals surface area contributed by atoms with Gasteiger partial charge in [0.25, 0.3) is 0 Å². The van der Waals surface area contributed by atoms with E-state index in [9.17, 15) is 4.39 Å². The van der Waals surface area contributed by atoms with E-state index in [-0.39, 0.29) is 0 Å². The highest BCUT2D eigenvalue weighted by atomic mass is 35.5. The van der Waals surface area contributed by atoms with Gasteiger partial charge in [-0.15, -0.1) is 0 Å². The molecule has 3 heteroatoms. The van der Waals surface area contributed by atoms with Gasteiger partial charge in [-0.2, -0.15) is 0 Å². The van der Waals surface area contributed by atoms with Gasteiger partial charge in [0.2, 0.25) is 0 Å². The molecule has 81 valence electrons. The Morgan fingerprint density at radius 1 is 1.25 bits per heavy atom. The molecule has 1 radical (unpaired) electrons. The van der Waals surface area contributed by atoms with Crippen molar-refractivity contribution in [2.45, 2.75) is 6.61 Å². The number of hydrogen-bond donors (Lipinski definition) is 0. The zero-order valence-electron chi connectivity index (χ0n) is 8.41. The van der Waals surface area contributed by atoms with Crippen molar-refractivity contribution in [1.82, 2.24) is 0 Å². The van der Waals surface area contributed by atoms with Gasteiger partial charge in [0.15, 0.2) is 0 Å². The lowest BCUT2D eigenvalue weighted by Crippen LogP contribution is -1.95. The molecule has 0 amide bonds. The Kier molecular flexibility index (Phi) is 3.42. The molecule has 0 aliphatic heterocycles. The summed E-state index contributed by atoms with van der Waals surface area (Å²) in [5, 5.41) is 0.661. The summed E-state index contributed by atoms with van der Waals surface area (Å²) in [4.78, 5) is 0. The van der Waals surface area contributed by atoms with Crippen molar-refractivity contribution in [3.8, 4) is 5.75 Å². The molecule has 0 aliphatic carbocycles. The summed E-state index contributed by atoms with van der Waals surface area (Å²) in [5.41, 5.74) is 0.945. The topological polar surface area (TPSA) is 9.23 Å². The average molecular weight is 236 g/mol. The van der Waals surface area contributed by atoms with Crippen LogP contribution < -0.4 is 4.74 Å². The van der Waals surface area contributed by atoms with Gasteiger partial charge in [0, 0.05) is 17.2 Å². The summed E-state index contributed by atoms with van der Waals surface area (Å²) < 4.78 is 18.2. The van der Waals surface area contributed by atoms with Crippen LogP contribution in [0.2, 0.25) is 5.02 Å². The number of hydrogen-bond acceptors (Lipinski definition) is 1. The Labute approximate surface area is 98.4 Å². The van der Waals surface area contributed by atoms with Crippen LogP contribution in [-0.2, 0) is 6.61 Å². The van der Waals surface area contributed by atoms with Crippen molar-refractivity contribution < 1.29 is 9.13 Å². The van der Waals surface area contributed by atoms with Crippen LogP contribution in [0, 0.1) is 11.9 Å². The fourth-order valence-electron chi connectivity index (χ4n) is 1.30. The fraction of sp³-hybridized carbons (Fsp3) is 0.0769. The first-order chi connectivity index (χ1) is 7.74. The molecule has 0 fully saturated rings. The van der Waals surface area contributed by atoms with Gasteiger partial charge in [-0.25, -0.2) is 4.39 Å². The molecular weight excluding hydrogens is 227 g/mol. The van der Waals surface area contributed by atoms with Gasteiger partial charge in [-0.1, -0.05) is 23.7 Å². The Bertz CT molecular complexity index is 439. The first-order valence-corrected chi connectivity index (χ1v) is 5.16. The summed E-state index contributed by atoms with van der Waals surface area (Å²) in [7, 11) is 0. The SMILES string of the molecule is Fc1[c]ccc(OCc2cccc(Cl)c2)c1. The summed E-state index contributed by atoms with van der Waals surface area (Å²) in [6.45, 7) is 0.365. The lowest BCUT2D eigenvalue weighted by molar-refractivity contribution is 0.304. The number of ether oxygens (including phenoxy) is 1. The first kappa shape index (κ1) is 11.0. The van der Waals surface area contributed by atoms with Crippen LogP contribution in [0.3, 0.4) is 0 Å². The van der Waals surface area contributed by atoms with Gasteiger partial charge < -0.3 is 4.74 Å². The van der Waals surface area contributed by atoms with Crippen LogP contribution in [0.5, 0.6) is 5.75 Å². The van der Waals surface area contributed by atoms with Crippen LogP contribution in [0.4, 0.5) is 4.39 Å². The Morgan fingerprint density at radius 3 is 2.88 bits per heavy atom. The van der Waals surface area contributed by atoms with E-state index in [2.05, 4.69) is 6.07 Å². The minimum atomic E-state index is -0.427. The largest absolute Gasteiger partial charge is 0.489 e. The molecule has 16 heavy (non-hydrogen) atoms. The number of rotatable bonds is 3. The predicted octanol–water partition coefficient (Wildman–Crippen LogP) is 3.86. The molecule has 0 N–H and O–H groups in total. The molecular formula is C13H9ClFO. The predicted molar refractivity (Wildman–Crippen MR) is 61.0 cm³/mol. The van der Waals surface area contributed by atoms with Crippen molar-refractivity contribution in [2.75, 3.05) is 0 Å². The minimum absolute atomic E-state index is 0.365. The Hall–Kier alpha value is -1.54. The molecule has 2 aromatic rings. The van der Waals surface area contributed by atoms with Gasteiger partial charge in [-0.05, 0) is 29.8 Å². The molecule has 2 aromatic carbocycles. The average Bonchev–Trinajstić information content (AvgIpc) is 2.27. The Morgan fingerprint density at radius 2 is 2.12 bits per heavy atom. The first-order valence-electron chi connectivity index (χ1n) is 4.78. The summed E-state index contributed by atoms with van der Waals surface area (Å²) in [6.07, 6.45) is 0. The third-order valence-corrected chi connectivity index (χ3v) is 2.27. The molecule has 0 atom stereocenters. The molecule has 0 saturated carbocycles. The molecule has 0 unspecified atom stereocenters. The monoisotopic (exact) mass is 235 g/mol. The van der Waals surface area contributed by atoms with E-state index in [0.717, 1.165) is 5.56 Å². The van der Waals surface area contributed by atoms with Crippen molar-refractivity contribution in [1.29, 1.82) is 0 Å². The van der Waals surface area contributed by atoms with Gasteiger partial charge in [0.1, 0.15) is 18.2 Å². The molecule has 0 aliphatic rings. The van der Waals surface area contributed by atoms with E-state index in [1.54, 1.807) is 12.1 Å². The second kappa shape index (κ2) is 4.99. The van der Waals surface area contributed by atoms with Gasteiger partial charge in [-0.3, -0.25) is 0 Å². The highest BCUT2D eigenvalue weighted by Gasteiger charge is 1.98. The Balaban J connectivity index is 2.02. The van der Waals surface area contributed by atoms with Crippen LogP contribution in [0.1, 0.15) is 5.56 Å². The molecule has 0 bridgehead atoms. The third-order valence-electron chi connectivity index (χ3n) is 2.03. The normalized spacial score (nSPS) is 10.1. The second-order valence-electron chi connectivity index (χ2n) is 3.29. The lowest BCUT2D eigenvalue weighted by Gasteiger charge is -2.06. The maximum atomic E-state index is 12.8. The van der Waals surface area contributed by atoms with Crippen LogP contribution >= 0.6 is 11.6 Å². The zero-order valence-corrected chi connectivity index (χ0v) is 9.17. The molecule has 0 heterocycles. The summed E-state index contributed by atoms with van der Waals surface area (Å²) in [5.74, 6) is 0.0554. The van der Waals surface area contributed by atoms with Crippen LogP contribution in [-0.4, -0.2) is 0 Å². The maximum absolute atomic E-state index is 12.8. The standard InChI is InChI=1S/C13H9ClFO/c14-11-4-1-3-10(7-11)9-16-13-6-2-5-12(15)8-13/h1-4,6-8H,9H2. The van der Waals surface area contributed by atoms with E-state index in [0.29, 0.717) is 17.4 Å².